The lowest BCUT2D eigenvalue weighted by atomic mass is 9.91. The van der Waals surface area contributed by atoms with E-state index >= 15 is 0 Å². The highest BCUT2D eigenvalue weighted by Gasteiger charge is 2.20. The summed E-state index contributed by atoms with van der Waals surface area (Å²) in [4.78, 5) is 5.09. The molecule has 0 saturated carbocycles. The van der Waals surface area contributed by atoms with Gasteiger partial charge in [-0.3, -0.25) is 4.57 Å². The van der Waals surface area contributed by atoms with Crippen LogP contribution in [0.3, 0.4) is 0 Å². The Morgan fingerprint density at radius 1 is 0.590 bits per heavy atom. The van der Waals surface area contributed by atoms with Crippen LogP contribution in [-0.4, -0.2) is 9.55 Å². The molecular formula is C37H26N2. The molecule has 0 bridgehead atoms. The van der Waals surface area contributed by atoms with Crippen LogP contribution in [0, 0.1) is 0 Å². The zero-order valence-electron chi connectivity index (χ0n) is 21.5. The van der Waals surface area contributed by atoms with E-state index in [1.165, 1.54) is 54.8 Å². The standard InChI is InChI=1S/C37H26N2/c1-2-11-27(12-3-1)37-38-34-16-8-9-17-35(34)39(37)29-22-20-26(21-23-29)33-24-28-19-18-25-10-4-5-13-30(25)36(28)32-15-7-6-14-31(32)33/h1-7,9-15,17-24H,8,16H2. The number of benzene rings is 6. The summed E-state index contributed by atoms with van der Waals surface area (Å²) in [5, 5.41) is 7.76. The Morgan fingerprint density at radius 3 is 2.15 bits per heavy atom. The molecule has 0 spiro atoms. The van der Waals surface area contributed by atoms with Crippen molar-refractivity contribution in [3.8, 4) is 28.2 Å². The van der Waals surface area contributed by atoms with Gasteiger partial charge in [0.05, 0.1) is 11.4 Å². The summed E-state index contributed by atoms with van der Waals surface area (Å²) >= 11 is 0. The Morgan fingerprint density at radius 2 is 1.31 bits per heavy atom. The van der Waals surface area contributed by atoms with Gasteiger partial charge >= 0.3 is 0 Å². The van der Waals surface area contributed by atoms with Crippen LogP contribution in [0.4, 0.5) is 0 Å². The van der Waals surface area contributed by atoms with Crippen molar-refractivity contribution < 1.29 is 0 Å². The molecule has 1 aromatic heterocycles. The van der Waals surface area contributed by atoms with Crippen molar-refractivity contribution >= 4 is 38.4 Å². The molecule has 0 saturated heterocycles. The van der Waals surface area contributed by atoms with E-state index in [1.807, 2.05) is 0 Å². The molecule has 8 rings (SSSR count). The van der Waals surface area contributed by atoms with Crippen LogP contribution in [0.25, 0.3) is 66.6 Å². The van der Waals surface area contributed by atoms with Gasteiger partial charge in [-0.05, 0) is 80.6 Å². The Labute approximate surface area is 227 Å². The third-order valence-corrected chi connectivity index (χ3v) is 8.03. The third-order valence-electron chi connectivity index (χ3n) is 8.03. The van der Waals surface area contributed by atoms with Crippen molar-refractivity contribution in [2.24, 2.45) is 0 Å². The first-order chi connectivity index (χ1) is 19.3. The van der Waals surface area contributed by atoms with Gasteiger partial charge in [0.2, 0.25) is 0 Å². The molecule has 1 aliphatic carbocycles. The highest BCUT2D eigenvalue weighted by Crippen LogP contribution is 2.39. The van der Waals surface area contributed by atoms with Crippen LogP contribution in [0.1, 0.15) is 17.8 Å². The number of rotatable bonds is 3. The Bertz CT molecular complexity index is 2040. The minimum absolute atomic E-state index is 0.981. The van der Waals surface area contributed by atoms with E-state index in [1.54, 1.807) is 0 Å². The van der Waals surface area contributed by atoms with Gasteiger partial charge in [-0.25, -0.2) is 4.98 Å². The number of hydrogen-bond acceptors (Lipinski definition) is 1. The predicted octanol–water partition coefficient (Wildman–Crippen LogP) is 9.63. The first kappa shape index (κ1) is 22.1. The van der Waals surface area contributed by atoms with Crippen molar-refractivity contribution in [3.05, 3.63) is 139 Å². The zero-order valence-corrected chi connectivity index (χ0v) is 21.5. The molecule has 0 unspecified atom stereocenters. The molecular weight excluding hydrogens is 472 g/mol. The van der Waals surface area contributed by atoms with Gasteiger partial charge in [-0.1, -0.05) is 109 Å². The molecule has 1 heterocycles. The van der Waals surface area contributed by atoms with Crippen LogP contribution >= 0.6 is 0 Å². The van der Waals surface area contributed by atoms with Crippen LogP contribution in [-0.2, 0) is 6.42 Å². The topological polar surface area (TPSA) is 17.8 Å². The van der Waals surface area contributed by atoms with E-state index in [0.717, 1.165) is 29.9 Å². The molecule has 0 atom stereocenters. The average Bonchev–Trinajstić information content (AvgIpc) is 3.41. The number of imidazole rings is 1. The molecule has 0 amide bonds. The second-order valence-electron chi connectivity index (χ2n) is 10.3. The smallest absolute Gasteiger partial charge is 0.145 e. The fourth-order valence-electron chi connectivity index (χ4n) is 6.20. The van der Waals surface area contributed by atoms with Crippen LogP contribution in [0.5, 0.6) is 0 Å². The first-order valence-electron chi connectivity index (χ1n) is 13.6. The maximum Gasteiger partial charge on any atom is 0.145 e. The number of allylic oxidation sites excluding steroid dienone is 1. The summed E-state index contributed by atoms with van der Waals surface area (Å²) < 4.78 is 2.31. The van der Waals surface area contributed by atoms with Gasteiger partial charge in [0.25, 0.3) is 0 Å². The third kappa shape index (κ3) is 3.53. The Hall–Kier alpha value is -4.95. The highest BCUT2D eigenvalue weighted by atomic mass is 15.1. The molecule has 39 heavy (non-hydrogen) atoms. The van der Waals surface area contributed by atoms with Gasteiger partial charge < -0.3 is 0 Å². The summed E-state index contributed by atoms with van der Waals surface area (Å²) in [5.41, 5.74) is 7.11. The lowest BCUT2D eigenvalue weighted by Crippen LogP contribution is -2.02. The maximum atomic E-state index is 5.09. The molecule has 0 radical (unpaired) electrons. The largest absolute Gasteiger partial charge is 0.293 e. The van der Waals surface area contributed by atoms with Gasteiger partial charge in [0.1, 0.15) is 5.82 Å². The van der Waals surface area contributed by atoms with Crippen LogP contribution < -0.4 is 0 Å². The van der Waals surface area contributed by atoms with Crippen molar-refractivity contribution in [3.63, 3.8) is 0 Å². The molecule has 184 valence electrons. The van der Waals surface area contributed by atoms with Crippen LogP contribution in [0.15, 0.2) is 127 Å². The monoisotopic (exact) mass is 498 g/mol. The number of nitrogens with zero attached hydrogens (tertiary/aromatic N) is 2. The van der Waals surface area contributed by atoms with Gasteiger partial charge in [0, 0.05) is 11.3 Å². The van der Waals surface area contributed by atoms with E-state index in [0.29, 0.717) is 0 Å². The summed E-state index contributed by atoms with van der Waals surface area (Å²) in [7, 11) is 0. The minimum Gasteiger partial charge on any atom is -0.293 e. The second-order valence-corrected chi connectivity index (χ2v) is 10.3. The SMILES string of the molecule is C1=Cc2c(nc(-c3ccccc3)n2-c2ccc(-c3cc4ccc5ccccc5c4c4ccccc34)cc2)CC1. The lowest BCUT2D eigenvalue weighted by Gasteiger charge is -2.15. The average molecular weight is 499 g/mol. The Balaban J connectivity index is 1.31. The molecule has 2 nitrogen and oxygen atoms in total. The maximum absolute atomic E-state index is 5.09. The fourth-order valence-corrected chi connectivity index (χ4v) is 6.20. The summed E-state index contributed by atoms with van der Waals surface area (Å²) in [6, 6.07) is 43.9. The summed E-state index contributed by atoms with van der Waals surface area (Å²) in [6.07, 6.45) is 6.51. The van der Waals surface area contributed by atoms with Gasteiger partial charge in [-0.2, -0.15) is 0 Å². The van der Waals surface area contributed by atoms with Gasteiger partial charge in [-0.15, -0.1) is 0 Å². The molecule has 0 aliphatic heterocycles. The number of fused-ring (bicyclic) bond motifs is 6. The number of hydrogen-bond donors (Lipinski definition) is 0. The van der Waals surface area contributed by atoms with Crippen LogP contribution in [0.2, 0.25) is 0 Å². The molecule has 6 aromatic carbocycles. The number of aryl methyl sites for hydroxylation is 1. The van der Waals surface area contributed by atoms with Crippen molar-refractivity contribution in [2.45, 2.75) is 12.8 Å². The second kappa shape index (κ2) is 8.82. The van der Waals surface area contributed by atoms with Gasteiger partial charge in [0.15, 0.2) is 0 Å². The molecule has 0 N–H and O–H groups in total. The highest BCUT2D eigenvalue weighted by molar-refractivity contribution is 6.23. The van der Waals surface area contributed by atoms with E-state index in [2.05, 4.69) is 138 Å². The van der Waals surface area contributed by atoms with E-state index in [9.17, 15) is 0 Å². The Kier molecular flexibility index (Phi) is 4.99. The lowest BCUT2D eigenvalue weighted by molar-refractivity contribution is 0.936. The summed E-state index contributed by atoms with van der Waals surface area (Å²) in [6.45, 7) is 0. The quantitative estimate of drug-likeness (QED) is 0.222. The van der Waals surface area contributed by atoms with Crippen molar-refractivity contribution in [2.75, 3.05) is 0 Å². The van der Waals surface area contributed by atoms with E-state index < -0.39 is 0 Å². The normalized spacial score (nSPS) is 12.8. The molecule has 0 fully saturated rings. The van der Waals surface area contributed by atoms with E-state index in [-0.39, 0.29) is 0 Å². The fraction of sp³-hybridized carbons (Fsp3) is 0.0541. The zero-order chi connectivity index (χ0) is 25.8. The van der Waals surface area contributed by atoms with Crippen molar-refractivity contribution in [1.29, 1.82) is 0 Å². The predicted molar refractivity (Wildman–Crippen MR) is 164 cm³/mol. The van der Waals surface area contributed by atoms with Crippen molar-refractivity contribution in [1.82, 2.24) is 9.55 Å². The molecule has 7 aromatic rings. The number of aromatic nitrogens is 2. The minimum atomic E-state index is 0.981. The van der Waals surface area contributed by atoms with E-state index in [4.69, 9.17) is 4.98 Å². The first-order valence-corrected chi connectivity index (χ1v) is 13.6. The molecule has 1 aliphatic rings. The summed E-state index contributed by atoms with van der Waals surface area (Å²) in [5.74, 6) is 1.00. The molecule has 2 heteroatoms.